The molecule has 0 radical (unpaired) electrons. The van der Waals surface area contributed by atoms with Gasteiger partial charge in [-0.2, -0.15) is 0 Å². The number of nitrogens with one attached hydrogen (secondary N) is 1. The Morgan fingerprint density at radius 3 is 2.74 bits per heavy atom. The number of aliphatic imine (C=N–C) groups is 1. The zero-order valence-corrected chi connectivity index (χ0v) is 24.7. The van der Waals surface area contributed by atoms with Gasteiger partial charge in [0.25, 0.3) is 0 Å². The highest BCUT2D eigenvalue weighted by Crippen LogP contribution is 2.39. The monoisotopic (exact) mass is 616 g/mol. The Morgan fingerprint density at radius 2 is 2.05 bits per heavy atom. The van der Waals surface area contributed by atoms with Crippen LogP contribution in [-0.4, -0.2) is 102 Å². The molecular formula is C28H30ClFN6O5S. The Morgan fingerprint density at radius 1 is 1.24 bits per heavy atom. The van der Waals surface area contributed by atoms with Gasteiger partial charge in [0.1, 0.15) is 17.9 Å². The van der Waals surface area contributed by atoms with E-state index in [2.05, 4.69) is 10.3 Å². The number of rotatable bonds is 8. The molecule has 4 aliphatic rings. The van der Waals surface area contributed by atoms with E-state index in [4.69, 9.17) is 26.1 Å². The van der Waals surface area contributed by atoms with Gasteiger partial charge in [-0.3, -0.25) is 14.7 Å². The molecule has 3 atom stereocenters. The summed E-state index contributed by atoms with van der Waals surface area (Å²) < 4.78 is 25.3. The molecule has 2 amide bonds. The molecule has 3 fully saturated rings. The Hall–Kier alpha value is -3.55. The number of hydrogen-bond acceptors (Lipinski definition) is 10. The fraction of sp³-hybridized carbons (Fsp3) is 0.464. The number of benzene rings is 1. The van der Waals surface area contributed by atoms with E-state index >= 15 is 0 Å². The van der Waals surface area contributed by atoms with E-state index in [1.807, 2.05) is 9.80 Å². The number of carbonyl (C=O) groups is 3. The quantitative estimate of drug-likeness (QED) is 0.450. The molecule has 1 N–H and O–H groups in total. The molecule has 1 aromatic heterocycles. The van der Waals surface area contributed by atoms with Gasteiger partial charge in [-0.25, -0.2) is 19.0 Å². The SMILES string of the molecule is CCOC(=O)C1=C(CN2CCN3C(=O)N(C4CC4)C[C@@H]3C2C(=O)OC)NC(c2nccs2)=N[C@H]1c1cccc(F)c1Cl. The van der Waals surface area contributed by atoms with Crippen LogP contribution in [0.4, 0.5) is 9.18 Å². The first kappa shape index (κ1) is 28.6. The van der Waals surface area contributed by atoms with Crippen molar-refractivity contribution in [3.05, 3.63) is 62.5 Å². The molecule has 1 aliphatic carbocycles. The lowest BCUT2D eigenvalue weighted by atomic mass is 9.94. The summed E-state index contributed by atoms with van der Waals surface area (Å²) in [7, 11) is 1.33. The van der Waals surface area contributed by atoms with E-state index in [0.29, 0.717) is 41.7 Å². The van der Waals surface area contributed by atoms with Crippen LogP contribution in [0.25, 0.3) is 0 Å². The van der Waals surface area contributed by atoms with E-state index in [9.17, 15) is 18.8 Å². The van der Waals surface area contributed by atoms with E-state index in [1.54, 1.807) is 29.5 Å². The first-order valence-corrected chi connectivity index (χ1v) is 15.1. The van der Waals surface area contributed by atoms with Gasteiger partial charge in [0, 0.05) is 55.1 Å². The number of halogens is 2. The van der Waals surface area contributed by atoms with Crippen LogP contribution in [-0.2, 0) is 19.1 Å². The molecule has 2 aromatic rings. The largest absolute Gasteiger partial charge is 0.468 e. The average Bonchev–Trinajstić information content (AvgIpc) is 3.56. The number of hydrogen-bond donors (Lipinski definition) is 1. The molecule has 42 heavy (non-hydrogen) atoms. The molecule has 1 saturated carbocycles. The highest BCUT2D eigenvalue weighted by atomic mass is 35.5. The van der Waals surface area contributed by atoms with Gasteiger partial charge >= 0.3 is 18.0 Å². The van der Waals surface area contributed by atoms with E-state index in [-0.39, 0.29) is 35.8 Å². The van der Waals surface area contributed by atoms with Crippen molar-refractivity contribution in [2.24, 2.45) is 4.99 Å². The molecule has 11 nitrogen and oxygen atoms in total. The minimum atomic E-state index is -1.00. The van der Waals surface area contributed by atoms with Crippen LogP contribution in [0.15, 0.2) is 46.0 Å². The maximum absolute atomic E-state index is 14.6. The van der Waals surface area contributed by atoms with Crippen LogP contribution in [0, 0.1) is 5.82 Å². The van der Waals surface area contributed by atoms with Crippen molar-refractivity contribution in [3.8, 4) is 0 Å². The second-order valence-corrected chi connectivity index (χ2v) is 11.7. The van der Waals surface area contributed by atoms with Gasteiger partial charge in [-0.1, -0.05) is 23.7 Å². The lowest BCUT2D eigenvalue weighted by molar-refractivity contribution is -0.150. The lowest BCUT2D eigenvalue weighted by Gasteiger charge is -2.43. The highest BCUT2D eigenvalue weighted by Gasteiger charge is 2.53. The fourth-order valence-corrected chi connectivity index (χ4v) is 6.73. The molecule has 3 aliphatic heterocycles. The maximum Gasteiger partial charge on any atom is 0.338 e. The topological polar surface area (TPSA) is 117 Å². The van der Waals surface area contributed by atoms with Crippen molar-refractivity contribution in [1.29, 1.82) is 0 Å². The van der Waals surface area contributed by atoms with Gasteiger partial charge in [0.2, 0.25) is 0 Å². The zero-order valence-electron chi connectivity index (χ0n) is 23.1. The zero-order chi connectivity index (χ0) is 29.5. The van der Waals surface area contributed by atoms with Crippen molar-refractivity contribution in [1.82, 2.24) is 25.0 Å². The van der Waals surface area contributed by atoms with Gasteiger partial charge in [-0.05, 0) is 25.8 Å². The summed E-state index contributed by atoms with van der Waals surface area (Å²) >= 11 is 7.77. The summed E-state index contributed by atoms with van der Waals surface area (Å²) in [6.45, 7) is 3.09. The second-order valence-electron chi connectivity index (χ2n) is 10.5. The number of amides is 2. The van der Waals surface area contributed by atoms with Crippen LogP contribution in [0.3, 0.4) is 0 Å². The Labute approximate surface area is 250 Å². The van der Waals surface area contributed by atoms with Crippen molar-refractivity contribution < 1.29 is 28.2 Å². The second kappa shape index (κ2) is 11.6. The predicted octanol–water partition coefficient (Wildman–Crippen LogP) is 2.97. The number of piperazine rings is 1. The Balaban J connectivity index is 1.42. The van der Waals surface area contributed by atoms with Crippen LogP contribution in [0.2, 0.25) is 5.02 Å². The molecule has 6 rings (SSSR count). The number of fused-ring (bicyclic) bond motifs is 1. The molecular weight excluding hydrogens is 587 g/mol. The van der Waals surface area contributed by atoms with Crippen LogP contribution >= 0.6 is 22.9 Å². The predicted molar refractivity (Wildman–Crippen MR) is 153 cm³/mol. The van der Waals surface area contributed by atoms with Crippen molar-refractivity contribution >= 4 is 46.7 Å². The summed E-state index contributed by atoms with van der Waals surface area (Å²) in [6, 6.07) is 2.34. The Bertz CT molecular complexity index is 1460. The average molecular weight is 617 g/mol. The minimum Gasteiger partial charge on any atom is -0.468 e. The third-order valence-corrected chi connectivity index (χ3v) is 9.16. The van der Waals surface area contributed by atoms with E-state index < -0.39 is 35.9 Å². The smallest absolute Gasteiger partial charge is 0.338 e. The molecule has 4 heterocycles. The first-order valence-electron chi connectivity index (χ1n) is 13.8. The molecule has 14 heteroatoms. The number of amidine groups is 1. The third-order valence-electron chi connectivity index (χ3n) is 7.99. The van der Waals surface area contributed by atoms with Crippen molar-refractivity contribution in [3.63, 3.8) is 0 Å². The number of urea groups is 1. The summed E-state index contributed by atoms with van der Waals surface area (Å²) in [5.41, 5.74) is 0.867. The lowest BCUT2D eigenvalue weighted by Crippen LogP contribution is -2.62. The van der Waals surface area contributed by atoms with E-state index in [1.165, 1.54) is 30.6 Å². The molecule has 2 saturated heterocycles. The summed E-state index contributed by atoms with van der Waals surface area (Å²) in [5.74, 6) is -1.38. The normalized spacial score (nSPS) is 24.3. The highest BCUT2D eigenvalue weighted by molar-refractivity contribution is 7.11. The first-order chi connectivity index (χ1) is 20.3. The van der Waals surface area contributed by atoms with Crippen LogP contribution < -0.4 is 5.32 Å². The summed E-state index contributed by atoms with van der Waals surface area (Å²) in [6.07, 6.45) is 3.55. The molecule has 0 spiro atoms. The van der Waals surface area contributed by atoms with Gasteiger partial charge in [0.05, 0.1) is 30.4 Å². The number of carbonyl (C=O) groups excluding carboxylic acids is 3. The Kier molecular flexibility index (Phi) is 7.90. The molecule has 0 bridgehead atoms. The number of thiazole rings is 1. The number of methoxy groups -OCH3 is 1. The fourth-order valence-electron chi connectivity index (χ4n) is 5.91. The number of ether oxygens (including phenoxy) is 2. The van der Waals surface area contributed by atoms with Gasteiger partial charge in [0.15, 0.2) is 10.8 Å². The van der Waals surface area contributed by atoms with Crippen LogP contribution in [0.5, 0.6) is 0 Å². The molecule has 1 aromatic carbocycles. The maximum atomic E-state index is 14.6. The molecule has 1 unspecified atom stereocenters. The number of nitrogens with zero attached hydrogens (tertiary/aromatic N) is 5. The summed E-state index contributed by atoms with van der Waals surface area (Å²) in [5, 5.41) is 5.46. The van der Waals surface area contributed by atoms with Gasteiger partial charge < -0.3 is 24.6 Å². The molecule has 222 valence electrons. The van der Waals surface area contributed by atoms with Crippen molar-refractivity contribution in [2.45, 2.75) is 43.9 Å². The van der Waals surface area contributed by atoms with Crippen LogP contribution in [0.1, 0.15) is 36.4 Å². The minimum absolute atomic E-state index is 0.0581. The number of esters is 2. The van der Waals surface area contributed by atoms with E-state index in [0.717, 1.165) is 12.8 Å². The number of aromatic nitrogens is 1. The van der Waals surface area contributed by atoms with Gasteiger partial charge in [-0.15, -0.1) is 11.3 Å². The summed E-state index contributed by atoms with van der Waals surface area (Å²) in [4.78, 5) is 54.6. The standard InChI is InChI=1S/C28H30ClFN6O5S/c1-3-41-26(37)20-18(32-24(25-31-9-12-42-25)33-22(20)16-5-4-6-17(30)21(16)29)13-34-10-11-35-19(23(34)27(38)40-2)14-36(28(35)39)15-7-8-15/h4-6,9,12,15,19,22-23H,3,7-8,10-11,13-14H2,1-2H3,(H,32,33)/t19-,22+,23?/m1/s1. The third kappa shape index (κ3) is 5.13. The van der Waals surface area contributed by atoms with Crippen molar-refractivity contribution in [2.75, 3.05) is 39.9 Å².